The molecule has 0 saturated carbocycles. The first-order chi connectivity index (χ1) is 9.61. The van der Waals surface area contributed by atoms with E-state index in [1.54, 1.807) is 37.4 Å². The standard InChI is InChI=1S/C16H19FN2O/c1-4-18-12(3)14-9-8-13(10-19-14)20-15-7-5-6-11(2)16(15)17/h5-10,12,18H,4H2,1-3H3. The number of aromatic nitrogens is 1. The third kappa shape index (κ3) is 3.33. The number of hydrogen-bond donors (Lipinski definition) is 1. The van der Waals surface area contributed by atoms with Gasteiger partial charge < -0.3 is 10.1 Å². The number of hydrogen-bond acceptors (Lipinski definition) is 3. The number of aryl methyl sites for hydroxylation is 1. The molecule has 0 aliphatic heterocycles. The van der Waals surface area contributed by atoms with E-state index in [4.69, 9.17) is 4.74 Å². The largest absolute Gasteiger partial charge is 0.453 e. The first-order valence-electron chi connectivity index (χ1n) is 6.74. The summed E-state index contributed by atoms with van der Waals surface area (Å²) in [5.41, 5.74) is 1.50. The molecular formula is C16H19FN2O. The van der Waals surface area contributed by atoms with E-state index in [-0.39, 0.29) is 17.6 Å². The third-order valence-corrected chi connectivity index (χ3v) is 3.10. The van der Waals surface area contributed by atoms with Gasteiger partial charge in [-0.1, -0.05) is 19.1 Å². The van der Waals surface area contributed by atoms with Crippen molar-refractivity contribution in [3.05, 3.63) is 53.6 Å². The van der Waals surface area contributed by atoms with Gasteiger partial charge in [0.1, 0.15) is 5.75 Å². The maximum Gasteiger partial charge on any atom is 0.168 e. The molecule has 1 aromatic carbocycles. The lowest BCUT2D eigenvalue weighted by Crippen LogP contribution is -2.18. The molecule has 106 valence electrons. The summed E-state index contributed by atoms with van der Waals surface area (Å²) >= 11 is 0. The van der Waals surface area contributed by atoms with Gasteiger partial charge in [0.25, 0.3) is 0 Å². The number of halogens is 1. The van der Waals surface area contributed by atoms with E-state index < -0.39 is 0 Å². The van der Waals surface area contributed by atoms with E-state index in [1.165, 1.54) is 0 Å². The van der Waals surface area contributed by atoms with Crippen LogP contribution in [0, 0.1) is 12.7 Å². The molecule has 0 saturated heterocycles. The average molecular weight is 274 g/mol. The van der Waals surface area contributed by atoms with Crippen LogP contribution in [-0.2, 0) is 0 Å². The molecule has 1 heterocycles. The summed E-state index contributed by atoms with van der Waals surface area (Å²) in [6, 6.07) is 8.96. The quantitative estimate of drug-likeness (QED) is 0.895. The number of benzene rings is 1. The number of nitrogens with zero attached hydrogens (tertiary/aromatic N) is 1. The van der Waals surface area contributed by atoms with E-state index in [0.29, 0.717) is 11.3 Å². The van der Waals surface area contributed by atoms with Gasteiger partial charge in [0.2, 0.25) is 0 Å². The maximum atomic E-state index is 13.8. The van der Waals surface area contributed by atoms with E-state index >= 15 is 0 Å². The summed E-state index contributed by atoms with van der Waals surface area (Å²) in [5, 5.41) is 3.28. The predicted molar refractivity (Wildman–Crippen MR) is 77.5 cm³/mol. The molecule has 0 aliphatic rings. The molecule has 2 aromatic rings. The van der Waals surface area contributed by atoms with E-state index in [0.717, 1.165) is 12.2 Å². The van der Waals surface area contributed by atoms with Crippen molar-refractivity contribution in [2.45, 2.75) is 26.8 Å². The van der Waals surface area contributed by atoms with Gasteiger partial charge in [0, 0.05) is 6.04 Å². The van der Waals surface area contributed by atoms with Crippen molar-refractivity contribution in [3.8, 4) is 11.5 Å². The van der Waals surface area contributed by atoms with Crippen molar-refractivity contribution in [3.63, 3.8) is 0 Å². The zero-order valence-electron chi connectivity index (χ0n) is 12.0. The molecule has 0 aliphatic carbocycles. The molecule has 3 nitrogen and oxygen atoms in total. The predicted octanol–water partition coefficient (Wildman–Crippen LogP) is 3.99. The first kappa shape index (κ1) is 14.5. The Bertz CT molecular complexity index is 569. The van der Waals surface area contributed by atoms with Crippen molar-refractivity contribution >= 4 is 0 Å². The molecule has 1 aromatic heterocycles. The van der Waals surface area contributed by atoms with Gasteiger partial charge in [0.05, 0.1) is 11.9 Å². The maximum absolute atomic E-state index is 13.8. The van der Waals surface area contributed by atoms with Crippen molar-refractivity contribution in [2.75, 3.05) is 6.54 Å². The molecule has 0 radical (unpaired) electrons. The monoisotopic (exact) mass is 274 g/mol. The summed E-state index contributed by atoms with van der Waals surface area (Å²) in [4.78, 5) is 4.34. The van der Waals surface area contributed by atoms with Crippen LogP contribution in [0.5, 0.6) is 11.5 Å². The SMILES string of the molecule is CCNC(C)c1ccc(Oc2cccc(C)c2F)cn1. The Morgan fingerprint density at radius 2 is 2.10 bits per heavy atom. The van der Waals surface area contributed by atoms with Crippen LogP contribution >= 0.6 is 0 Å². The van der Waals surface area contributed by atoms with Gasteiger partial charge in [-0.15, -0.1) is 0 Å². The third-order valence-electron chi connectivity index (χ3n) is 3.10. The highest BCUT2D eigenvalue weighted by Gasteiger charge is 2.09. The van der Waals surface area contributed by atoms with Gasteiger partial charge in [0.15, 0.2) is 11.6 Å². The summed E-state index contributed by atoms with van der Waals surface area (Å²) in [6.45, 7) is 6.69. The second-order valence-electron chi connectivity index (χ2n) is 4.69. The fourth-order valence-electron chi connectivity index (χ4n) is 1.95. The fourth-order valence-corrected chi connectivity index (χ4v) is 1.95. The lowest BCUT2D eigenvalue weighted by molar-refractivity contribution is 0.437. The molecule has 1 N–H and O–H groups in total. The van der Waals surface area contributed by atoms with Gasteiger partial charge in [-0.3, -0.25) is 4.98 Å². The molecule has 4 heteroatoms. The normalized spacial score (nSPS) is 12.2. The molecule has 2 rings (SSSR count). The smallest absolute Gasteiger partial charge is 0.168 e. The van der Waals surface area contributed by atoms with Crippen LogP contribution in [0.3, 0.4) is 0 Å². The van der Waals surface area contributed by atoms with Crippen LogP contribution in [0.2, 0.25) is 0 Å². The van der Waals surface area contributed by atoms with Crippen LogP contribution in [-0.4, -0.2) is 11.5 Å². The number of pyridine rings is 1. The molecule has 1 atom stereocenters. The van der Waals surface area contributed by atoms with E-state index in [9.17, 15) is 4.39 Å². The Kier molecular flexibility index (Phi) is 4.69. The zero-order valence-corrected chi connectivity index (χ0v) is 12.0. The minimum atomic E-state index is -0.336. The lowest BCUT2D eigenvalue weighted by Gasteiger charge is -2.12. The molecular weight excluding hydrogens is 255 g/mol. The van der Waals surface area contributed by atoms with Gasteiger partial charge in [-0.05, 0) is 44.2 Å². The highest BCUT2D eigenvalue weighted by molar-refractivity contribution is 5.34. The Balaban J connectivity index is 2.13. The Labute approximate surface area is 118 Å². The molecule has 0 spiro atoms. The van der Waals surface area contributed by atoms with Crippen LogP contribution in [0.15, 0.2) is 36.5 Å². The Hall–Kier alpha value is -1.94. The lowest BCUT2D eigenvalue weighted by atomic mass is 10.2. The summed E-state index contributed by atoms with van der Waals surface area (Å²) < 4.78 is 19.4. The second kappa shape index (κ2) is 6.48. The first-order valence-corrected chi connectivity index (χ1v) is 6.74. The van der Waals surface area contributed by atoms with Crippen LogP contribution < -0.4 is 10.1 Å². The van der Waals surface area contributed by atoms with Crippen molar-refractivity contribution < 1.29 is 9.13 Å². The Morgan fingerprint density at radius 1 is 1.30 bits per heavy atom. The fraction of sp³-hybridized carbons (Fsp3) is 0.312. The topological polar surface area (TPSA) is 34.1 Å². The zero-order chi connectivity index (χ0) is 14.5. The van der Waals surface area contributed by atoms with E-state index in [2.05, 4.69) is 17.2 Å². The van der Waals surface area contributed by atoms with Crippen molar-refractivity contribution in [2.24, 2.45) is 0 Å². The van der Waals surface area contributed by atoms with Crippen molar-refractivity contribution in [1.82, 2.24) is 10.3 Å². The summed E-state index contributed by atoms with van der Waals surface area (Å²) in [7, 11) is 0. The molecule has 20 heavy (non-hydrogen) atoms. The van der Waals surface area contributed by atoms with Crippen LogP contribution in [0.4, 0.5) is 4.39 Å². The minimum absolute atomic E-state index is 0.185. The van der Waals surface area contributed by atoms with Crippen LogP contribution in [0.1, 0.15) is 31.1 Å². The Morgan fingerprint density at radius 3 is 2.75 bits per heavy atom. The second-order valence-corrected chi connectivity index (χ2v) is 4.69. The van der Waals surface area contributed by atoms with Crippen molar-refractivity contribution in [1.29, 1.82) is 0 Å². The van der Waals surface area contributed by atoms with Gasteiger partial charge in [-0.2, -0.15) is 0 Å². The minimum Gasteiger partial charge on any atom is -0.453 e. The molecule has 1 unspecified atom stereocenters. The van der Waals surface area contributed by atoms with Gasteiger partial charge in [-0.25, -0.2) is 4.39 Å². The number of ether oxygens (including phenoxy) is 1. The van der Waals surface area contributed by atoms with E-state index in [1.807, 2.05) is 13.0 Å². The summed E-state index contributed by atoms with van der Waals surface area (Å²) in [6.07, 6.45) is 1.62. The number of rotatable bonds is 5. The summed E-state index contributed by atoms with van der Waals surface area (Å²) in [5.74, 6) is 0.416. The average Bonchev–Trinajstić information content (AvgIpc) is 2.45. The highest BCUT2D eigenvalue weighted by atomic mass is 19.1. The molecule has 0 bridgehead atoms. The highest BCUT2D eigenvalue weighted by Crippen LogP contribution is 2.26. The molecule has 0 fully saturated rings. The number of nitrogens with one attached hydrogen (secondary N) is 1. The van der Waals surface area contributed by atoms with Gasteiger partial charge >= 0.3 is 0 Å². The van der Waals surface area contributed by atoms with Crippen LogP contribution in [0.25, 0.3) is 0 Å². The molecule has 0 amide bonds.